The summed E-state index contributed by atoms with van der Waals surface area (Å²) in [6, 6.07) is 0. The molecule has 9 heteroatoms. The van der Waals surface area contributed by atoms with E-state index in [2.05, 4.69) is 0 Å². The Morgan fingerprint density at radius 2 is 1.58 bits per heavy atom. The third kappa shape index (κ3) is 4.10. The van der Waals surface area contributed by atoms with E-state index in [4.69, 9.17) is 0 Å². The van der Waals surface area contributed by atoms with Gasteiger partial charge in [0.05, 0.1) is 5.97 Å². The van der Waals surface area contributed by atoms with Gasteiger partial charge in [0.15, 0.2) is 0 Å². The smallest absolute Gasteiger partial charge is 0.547 e. The molecule has 3 atom stereocenters. The first-order valence-corrected chi connectivity index (χ1v) is 4.83. The molecule has 0 saturated heterocycles. The van der Waals surface area contributed by atoms with Crippen LogP contribution in [0.5, 0.6) is 0 Å². The molecule has 8 nitrogen and oxygen atoms in total. The Morgan fingerprint density at radius 3 is 1.79 bits per heavy atom. The predicted molar refractivity (Wildman–Crippen MR) is 62.6 cm³/mol. The molecule has 0 aromatic rings. The summed E-state index contributed by atoms with van der Waals surface area (Å²) < 4.78 is 0. The summed E-state index contributed by atoms with van der Waals surface area (Å²) in [5.41, 5.74) is -1.58. The van der Waals surface area contributed by atoms with E-state index in [1.165, 1.54) is 0 Å². The number of aliphatic hydroxyl groups is 1. The molecule has 0 radical (unpaired) electrons. The Balaban J connectivity index is -0.000000109. The van der Waals surface area contributed by atoms with Gasteiger partial charge in [-0.15, -0.1) is 0 Å². The van der Waals surface area contributed by atoms with Gasteiger partial charge in [0, 0.05) is 0 Å². The van der Waals surface area contributed by atoms with E-state index >= 15 is 0 Å². The maximum atomic E-state index is 10.8. The maximum Gasteiger partial charge on any atom is 1.00 e. The molecule has 3 saturated carbocycles. The van der Waals surface area contributed by atoms with Crippen molar-refractivity contribution in [3.8, 4) is 0 Å². The molecule has 11 N–H and O–H groups in total. The van der Waals surface area contributed by atoms with Gasteiger partial charge in [-0.05, 0) is 36.5 Å². The van der Waals surface area contributed by atoms with E-state index in [1.807, 2.05) is 13.8 Å². The second-order valence-electron chi connectivity index (χ2n) is 5.06. The molecule has 3 aliphatic rings. The van der Waals surface area contributed by atoms with Crippen molar-refractivity contribution >= 4 is 5.97 Å². The Labute approximate surface area is 134 Å². The zero-order chi connectivity index (χ0) is 9.85. The Kier molecular flexibility index (Phi) is 15.3. The van der Waals surface area contributed by atoms with Crippen LogP contribution >= 0.6 is 0 Å². The topological polar surface area (TPSA) is 218 Å². The number of hydrogen-bond donors (Lipinski definition) is 1. The molecule has 0 aliphatic heterocycles. The quantitative estimate of drug-likeness (QED) is 0.466. The van der Waals surface area contributed by atoms with Gasteiger partial charge in [-0.3, -0.25) is 0 Å². The number of carboxylic acid groups (broad SMARTS) is 1. The van der Waals surface area contributed by atoms with Crippen molar-refractivity contribution in [3.05, 3.63) is 0 Å². The summed E-state index contributed by atoms with van der Waals surface area (Å²) in [4.78, 5) is 10.8. The van der Waals surface area contributed by atoms with Gasteiger partial charge in [0.1, 0.15) is 5.60 Å². The van der Waals surface area contributed by atoms with Gasteiger partial charge in [-0.2, -0.15) is 0 Å². The molecule has 3 fully saturated rings. The van der Waals surface area contributed by atoms with Gasteiger partial charge in [-0.1, -0.05) is 13.8 Å². The summed E-state index contributed by atoms with van der Waals surface area (Å²) in [6.07, 6.45) is 2.03. The number of carbonyl (C=O) groups excluding carboxylic acids is 1. The van der Waals surface area contributed by atoms with Crippen molar-refractivity contribution in [2.24, 2.45) is 17.3 Å². The minimum atomic E-state index is -1.56. The summed E-state index contributed by atoms with van der Waals surface area (Å²) in [5, 5.41) is 20.8. The zero-order valence-electron chi connectivity index (χ0n) is 11.5. The molecule has 114 valence electrons. The molecule has 0 aromatic heterocycles. The largest absolute Gasteiger partial charge is 1.00 e. The van der Waals surface area contributed by atoms with Gasteiger partial charge in [0.25, 0.3) is 0 Å². The fourth-order valence-electron chi connectivity index (χ4n) is 3.13. The predicted octanol–water partition coefficient (Wildman–Crippen LogP) is -7.20. The normalized spacial score (nSPS) is 31.9. The van der Waals surface area contributed by atoms with Crippen LogP contribution in [0, 0.1) is 17.3 Å². The SMILES string of the molecule is CC1(C)[C@H]2CC[C@@](O)(C(=O)[O-])[C@@H]1C2.O.O.O.O.O.[Na+]. The van der Waals surface area contributed by atoms with Crippen LogP contribution in [-0.2, 0) is 4.79 Å². The van der Waals surface area contributed by atoms with Crippen LogP contribution in [0.15, 0.2) is 0 Å². The summed E-state index contributed by atoms with van der Waals surface area (Å²) >= 11 is 0. The Hall–Kier alpha value is 0.230. The standard InChI is InChI=1S/C10H16O3.Na.5H2O/c1-9(2)6-3-4-10(13,8(11)12)7(9)5-6;;;;;;/h6-7,13H,3-5H2,1-2H3,(H,11,12);;5*1H2/q;+1;;;;;/p-1/t6-,7+,10-;;;;;;/m0....../s1. The molecule has 0 heterocycles. The molecule has 0 unspecified atom stereocenters. The zero-order valence-corrected chi connectivity index (χ0v) is 13.5. The molecule has 0 spiro atoms. The van der Waals surface area contributed by atoms with Gasteiger partial charge < -0.3 is 42.4 Å². The molecule has 0 amide bonds. The average molecular weight is 296 g/mol. The van der Waals surface area contributed by atoms with Gasteiger partial charge >= 0.3 is 29.6 Å². The van der Waals surface area contributed by atoms with Gasteiger partial charge in [0.2, 0.25) is 0 Å². The number of rotatable bonds is 1. The second kappa shape index (κ2) is 9.22. The van der Waals surface area contributed by atoms with E-state index in [1.54, 1.807) is 0 Å². The maximum absolute atomic E-state index is 10.8. The monoisotopic (exact) mass is 296 g/mol. The Morgan fingerprint density at radius 1 is 1.16 bits per heavy atom. The van der Waals surface area contributed by atoms with Crippen molar-refractivity contribution in [1.82, 2.24) is 0 Å². The molecular weight excluding hydrogens is 271 g/mol. The van der Waals surface area contributed by atoms with Crippen LogP contribution in [0.25, 0.3) is 0 Å². The number of aliphatic carboxylic acids is 1. The van der Waals surface area contributed by atoms with E-state index in [0.717, 1.165) is 12.8 Å². The van der Waals surface area contributed by atoms with Crippen LogP contribution in [0.4, 0.5) is 0 Å². The summed E-state index contributed by atoms with van der Waals surface area (Å²) in [6.45, 7) is 4.08. The van der Waals surface area contributed by atoms with Crippen LogP contribution < -0.4 is 34.7 Å². The van der Waals surface area contributed by atoms with Crippen LogP contribution in [0.3, 0.4) is 0 Å². The van der Waals surface area contributed by atoms with Crippen molar-refractivity contribution in [1.29, 1.82) is 0 Å². The van der Waals surface area contributed by atoms with Crippen LogP contribution in [0.1, 0.15) is 33.1 Å². The molecular formula is C10H25NaO8. The summed E-state index contributed by atoms with van der Waals surface area (Å²) in [7, 11) is 0. The average Bonchev–Trinajstić information content (AvgIpc) is 2.03. The number of carboxylic acids is 1. The van der Waals surface area contributed by atoms with Crippen molar-refractivity contribution < 1.29 is 71.9 Å². The third-order valence-electron chi connectivity index (χ3n) is 4.27. The molecule has 0 aromatic carbocycles. The van der Waals surface area contributed by atoms with Crippen molar-refractivity contribution in [2.45, 2.75) is 38.7 Å². The number of fused-ring (bicyclic) bond motifs is 2. The Bertz CT molecular complexity index is 270. The minimum absolute atomic E-state index is 0. The molecule has 19 heavy (non-hydrogen) atoms. The van der Waals surface area contributed by atoms with Crippen molar-refractivity contribution in [2.75, 3.05) is 0 Å². The number of hydrogen-bond acceptors (Lipinski definition) is 3. The van der Waals surface area contributed by atoms with E-state index in [9.17, 15) is 15.0 Å². The first-order chi connectivity index (χ1) is 5.89. The second-order valence-corrected chi connectivity index (χ2v) is 5.06. The first kappa shape index (κ1) is 31.6. The minimum Gasteiger partial charge on any atom is -0.547 e. The molecule has 2 bridgehead atoms. The third-order valence-corrected chi connectivity index (χ3v) is 4.27. The van der Waals surface area contributed by atoms with Gasteiger partial charge in [-0.25, -0.2) is 0 Å². The molecule has 3 aliphatic carbocycles. The van der Waals surface area contributed by atoms with Crippen LogP contribution in [0.2, 0.25) is 0 Å². The van der Waals surface area contributed by atoms with E-state index in [0.29, 0.717) is 12.3 Å². The molecule has 3 rings (SSSR count). The fraction of sp³-hybridized carbons (Fsp3) is 0.900. The van der Waals surface area contributed by atoms with Crippen LogP contribution in [-0.4, -0.2) is 44.1 Å². The number of carbonyl (C=O) groups is 1. The van der Waals surface area contributed by atoms with Crippen molar-refractivity contribution in [3.63, 3.8) is 0 Å². The first-order valence-electron chi connectivity index (χ1n) is 4.83. The van der Waals surface area contributed by atoms with E-state index < -0.39 is 11.6 Å². The fourth-order valence-corrected chi connectivity index (χ4v) is 3.13. The summed E-state index contributed by atoms with van der Waals surface area (Å²) in [5.74, 6) is -0.801. The van der Waals surface area contributed by atoms with E-state index in [-0.39, 0.29) is 68.3 Å².